The number of carbonyl (C=O) groups is 3. The highest BCUT2D eigenvalue weighted by molar-refractivity contribution is 5.92. The van der Waals surface area contributed by atoms with Gasteiger partial charge in [-0.05, 0) is 39.2 Å². The molecular weight excluding hydrogens is 428 g/mol. The van der Waals surface area contributed by atoms with Gasteiger partial charge in [0.15, 0.2) is 0 Å². The number of amides is 3. The molecule has 0 aromatic heterocycles. The van der Waals surface area contributed by atoms with Crippen LogP contribution in [0.2, 0.25) is 0 Å². The molecule has 0 saturated carbocycles. The van der Waals surface area contributed by atoms with E-state index in [0.717, 1.165) is 5.57 Å². The lowest BCUT2D eigenvalue weighted by molar-refractivity contribution is -0.141. The van der Waals surface area contributed by atoms with Crippen LogP contribution in [-0.4, -0.2) is 54.8 Å². The largest absolute Gasteiger partial charge is 0.366 e. The van der Waals surface area contributed by atoms with Gasteiger partial charge in [0.2, 0.25) is 17.7 Å². The van der Waals surface area contributed by atoms with Crippen molar-refractivity contribution in [2.75, 3.05) is 14.1 Å². The number of carbonyl (C=O) groups excluding carboxylic acids is 3. The number of hydrogen-bond donors (Lipinski definition) is 3. The number of allylic oxidation sites excluding steroid dienone is 3. The van der Waals surface area contributed by atoms with Crippen molar-refractivity contribution in [1.29, 1.82) is 0 Å². The predicted molar refractivity (Wildman–Crippen MR) is 141 cm³/mol. The second-order valence-corrected chi connectivity index (χ2v) is 11.0. The smallest absolute Gasteiger partial charge is 0.245 e. The molecule has 0 aromatic rings. The number of likely N-dealkylation sites (N-methyl/N-ethyl adjacent to an activating group) is 2. The fourth-order valence-electron chi connectivity index (χ4n) is 3.82. The van der Waals surface area contributed by atoms with E-state index >= 15 is 0 Å². The third-order valence-corrected chi connectivity index (χ3v) is 6.51. The Kier molecular flexibility index (Phi) is 12.0. The fraction of sp³-hybridized carbons (Fsp3) is 0.667. The van der Waals surface area contributed by atoms with Crippen LogP contribution in [0.1, 0.15) is 69.2 Å². The van der Waals surface area contributed by atoms with Crippen LogP contribution >= 0.6 is 0 Å². The Balaban J connectivity index is 6.14. The van der Waals surface area contributed by atoms with Gasteiger partial charge in [0, 0.05) is 18.0 Å². The average Bonchev–Trinajstić information content (AvgIpc) is 2.71. The number of rotatable bonds is 11. The van der Waals surface area contributed by atoms with Crippen molar-refractivity contribution in [3.05, 3.63) is 35.5 Å². The zero-order valence-corrected chi connectivity index (χ0v) is 23.4. The van der Waals surface area contributed by atoms with Gasteiger partial charge in [0.1, 0.15) is 6.04 Å². The van der Waals surface area contributed by atoms with E-state index in [2.05, 4.69) is 10.6 Å². The lowest BCUT2D eigenvalue weighted by atomic mass is 9.76. The SMILES string of the molecule is C/C=C\C=C(/C)C(C)(C)[C@H](NC)C(=O)N[C@H](C(=O)N(C)[C@H](/C=C(\C)C(N)=O)C(C)C)C(C)(C)C. The van der Waals surface area contributed by atoms with Gasteiger partial charge in [-0.2, -0.15) is 0 Å². The van der Waals surface area contributed by atoms with Gasteiger partial charge in [0.25, 0.3) is 0 Å². The molecule has 3 atom stereocenters. The van der Waals surface area contributed by atoms with Gasteiger partial charge in [-0.15, -0.1) is 0 Å². The minimum absolute atomic E-state index is 0.0444. The van der Waals surface area contributed by atoms with E-state index < -0.39 is 28.8 Å². The molecule has 0 spiro atoms. The molecule has 194 valence electrons. The monoisotopic (exact) mass is 476 g/mol. The first-order valence-electron chi connectivity index (χ1n) is 12.0. The van der Waals surface area contributed by atoms with Crippen molar-refractivity contribution >= 4 is 17.7 Å². The van der Waals surface area contributed by atoms with E-state index in [9.17, 15) is 14.4 Å². The summed E-state index contributed by atoms with van der Waals surface area (Å²) in [7, 11) is 3.45. The lowest BCUT2D eigenvalue weighted by Crippen LogP contribution is -2.61. The standard InChI is InChI=1S/C27H48N4O3/c1-13-14-15-19(5)27(9,10)21(29-11)24(33)30-22(26(6,7)8)25(34)31(12)20(17(2)3)16-18(4)23(28)32/h13-17,20-22,29H,1-12H3,(H2,28,32)(H,30,33)/b14-13-,18-16+,19-15+/t20-,21-,22-/m1/s1. The van der Waals surface area contributed by atoms with Crippen LogP contribution < -0.4 is 16.4 Å². The van der Waals surface area contributed by atoms with Gasteiger partial charge in [-0.25, -0.2) is 0 Å². The molecule has 0 heterocycles. The predicted octanol–water partition coefficient (Wildman–Crippen LogP) is 3.57. The summed E-state index contributed by atoms with van der Waals surface area (Å²) in [4.78, 5) is 40.4. The van der Waals surface area contributed by atoms with Gasteiger partial charge in [0.05, 0.1) is 12.1 Å². The Hall–Kier alpha value is -2.41. The maximum atomic E-state index is 13.7. The molecule has 34 heavy (non-hydrogen) atoms. The first-order chi connectivity index (χ1) is 15.4. The van der Waals surface area contributed by atoms with Crippen LogP contribution in [0.25, 0.3) is 0 Å². The van der Waals surface area contributed by atoms with Crippen LogP contribution in [0.5, 0.6) is 0 Å². The molecule has 0 aromatic carbocycles. The minimum atomic E-state index is -0.764. The van der Waals surface area contributed by atoms with Crippen molar-refractivity contribution in [3.63, 3.8) is 0 Å². The van der Waals surface area contributed by atoms with Crippen molar-refractivity contribution in [1.82, 2.24) is 15.5 Å². The molecule has 0 saturated heterocycles. The van der Waals surface area contributed by atoms with Gasteiger partial charge < -0.3 is 21.3 Å². The van der Waals surface area contributed by atoms with Crippen LogP contribution in [0.3, 0.4) is 0 Å². The van der Waals surface area contributed by atoms with Crippen molar-refractivity contribution in [2.24, 2.45) is 22.5 Å². The maximum absolute atomic E-state index is 13.7. The summed E-state index contributed by atoms with van der Waals surface area (Å²) in [5.41, 5.74) is 5.83. The summed E-state index contributed by atoms with van der Waals surface area (Å²) in [6.07, 6.45) is 7.61. The molecule has 0 fully saturated rings. The molecule has 0 unspecified atom stereocenters. The Morgan fingerprint density at radius 3 is 1.91 bits per heavy atom. The minimum Gasteiger partial charge on any atom is -0.366 e. The fourth-order valence-corrected chi connectivity index (χ4v) is 3.82. The summed E-state index contributed by atoms with van der Waals surface area (Å²) < 4.78 is 0. The van der Waals surface area contributed by atoms with E-state index in [4.69, 9.17) is 5.73 Å². The number of nitrogens with one attached hydrogen (secondary N) is 2. The Morgan fingerprint density at radius 2 is 1.53 bits per heavy atom. The molecular formula is C27H48N4O3. The van der Waals surface area contributed by atoms with Gasteiger partial charge in [-0.1, -0.05) is 78.3 Å². The second-order valence-electron chi connectivity index (χ2n) is 11.0. The second kappa shape index (κ2) is 12.9. The molecule has 0 rings (SSSR count). The van der Waals surface area contributed by atoms with E-state index in [0.29, 0.717) is 5.57 Å². The van der Waals surface area contributed by atoms with Crippen molar-refractivity contribution in [3.8, 4) is 0 Å². The Bertz CT molecular complexity index is 816. The summed E-state index contributed by atoms with van der Waals surface area (Å²) in [6.45, 7) is 19.3. The number of hydrogen-bond acceptors (Lipinski definition) is 4. The quantitative estimate of drug-likeness (QED) is 0.313. The zero-order chi connectivity index (χ0) is 27.0. The normalized spacial score (nSPS) is 16.4. The highest BCUT2D eigenvalue weighted by Crippen LogP contribution is 2.31. The molecule has 0 aliphatic carbocycles. The highest BCUT2D eigenvalue weighted by atomic mass is 16.2. The summed E-state index contributed by atoms with van der Waals surface area (Å²) >= 11 is 0. The van der Waals surface area contributed by atoms with Crippen LogP contribution in [0.4, 0.5) is 0 Å². The molecule has 0 bridgehead atoms. The van der Waals surface area contributed by atoms with Gasteiger partial charge >= 0.3 is 0 Å². The van der Waals surface area contributed by atoms with E-state index in [1.165, 1.54) is 0 Å². The molecule has 4 N–H and O–H groups in total. The number of primary amides is 1. The van der Waals surface area contributed by atoms with Crippen molar-refractivity contribution < 1.29 is 14.4 Å². The van der Waals surface area contributed by atoms with Crippen molar-refractivity contribution in [2.45, 2.75) is 87.4 Å². The number of nitrogens with zero attached hydrogens (tertiary/aromatic N) is 1. The summed E-state index contributed by atoms with van der Waals surface area (Å²) in [5.74, 6) is -0.940. The average molecular weight is 477 g/mol. The zero-order valence-electron chi connectivity index (χ0n) is 23.4. The maximum Gasteiger partial charge on any atom is 0.245 e. The molecule has 7 nitrogen and oxygen atoms in total. The van der Waals surface area contributed by atoms with Crippen LogP contribution in [0.15, 0.2) is 35.5 Å². The molecule has 7 heteroatoms. The van der Waals surface area contributed by atoms with Crippen LogP contribution in [-0.2, 0) is 14.4 Å². The molecule has 0 aliphatic heterocycles. The highest BCUT2D eigenvalue weighted by Gasteiger charge is 2.41. The lowest BCUT2D eigenvalue weighted by Gasteiger charge is -2.40. The van der Waals surface area contributed by atoms with Crippen LogP contribution in [0, 0.1) is 16.7 Å². The number of nitrogens with two attached hydrogens (primary N) is 1. The summed E-state index contributed by atoms with van der Waals surface area (Å²) in [5, 5.41) is 6.17. The topological polar surface area (TPSA) is 105 Å². The third-order valence-electron chi connectivity index (χ3n) is 6.51. The Labute approximate surface area is 207 Å². The Morgan fingerprint density at radius 1 is 1.00 bits per heavy atom. The molecule has 3 amide bonds. The molecule has 0 aliphatic rings. The van der Waals surface area contributed by atoms with E-state index in [1.807, 2.05) is 80.5 Å². The van der Waals surface area contributed by atoms with E-state index in [-0.39, 0.29) is 23.8 Å². The summed E-state index contributed by atoms with van der Waals surface area (Å²) in [6, 6.07) is -1.65. The third kappa shape index (κ3) is 8.42. The van der Waals surface area contributed by atoms with E-state index in [1.54, 1.807) is 32.0 Å². The first-order valence-corrected chi connectivity index (χ1v) is 12.0. The first kappa shape index (κ1) is 31.6. The van der Waals surface area contributed by atoms with Gasteiger partial charge in [-0.3, -0.25) is 14.4 Å². The molecule has 0 radical (unpaired) electrons.